The van der Waals surface area contributed by atoms with E-state index in [2.05, 4.69) is 99.0 Å². The van der Waals surface area contributed by atoms with Crippen molar-refractivity contribution in [3.8, 4) is 107 Å². The first-order valence-electron chi connectivity index (χ1n) is 9.39. The van der Waals surface area contributed by atoms with Gasteiger partial charge in [0.1, 0.15) is 17.6 Å². The summed E-state index contributed by atoms with van der Waals surface area (Å²) in [5.74, 6) is 32.5. The van der Waals surface area contributed by atoms with Crippen molar-refractivity contribution in [2.24, 2.45) is 0 Å². The second kappa shape index (κ2) is 13.9. The number of amides is 1. The van der Waals surface area contributed by atoms with Gasteiger partial charge >= 0.3 is 6.16 Å². The van der Waals surface area contributed by atoms with Gasteiger partial charge in [-0.1, -0.05) is 24.3 Å². The Hall–Kier alpha value is -6.28. The molecule has 2 aromatic rings. The monoisotopic (exact) mass is 453 g/mol. The lowest BCUT2D eigenvalue weighted by atomic mass is 10.0. The number of rotatable bonds is 2. The number of ether oxygens (including phenoxy) is 2. The third-order valence-corrected chi connectivity index (χ3v) is 3.65. The number of hydrogen-bond acceptors (Lipinski definition) is 5. The van der Waals surface area contributed by atoms with E-state index in [0.717, 1.165) is 0 Å². The van der Waals surface area contributed by atoms with Crippen molar-refractivity contribution >= 4 is 22.8 Å². The second-order valence-corrected chi connectivity index (χ2v) is 5.72. The molecule has 35 heavy (non-hydrogen) atoms. The van der Waals surface area contributed by atoms with Crippen LogP contribution in [0.25, 0.3) is 10.8 Å². The molecular weight excluding hydrogens is 442 g/mol. The lowest BCUT2D eigenvalue weighted by Crippen LogP contribution is -2.18. The minimum absolute atomic E-state index is 0.00824. The Morgan fingerprint density at radius 1 is 0.829 bits per heavy atom. The van der Waals surface area contributed by atoms with Gasteiger partial charge in [0.2, 0.25) is 0 Å². The largest absolute Gasteiger partial charge is 0.528 e. The average Bonchev–Trinajstić information content (AvgIpc) is 2.87. The Balaban J connectivity index is 2.00. The summed E-state index contributed by atoms with van der Waals surface area (Å²) in [5, 5.41) is 13.5. The molecule has 0 saturated heterocycles. The zero-order chi connectivity index (χ0) is 25.3. The molecule has 0 fully saturated rings. The normalized spacial score (nSPS) is 7.43. The first kappa shape index (κ1) is 25.0. The van der Waals surface area contributed by atoms with Crippen LogP contribution < -0.4 is 10.1 Å². The summed E-state index contributed by atoms with van der Waals surface area (Å²) in [6, 6.07) is 7.76. The van der Waals surface area contributed by atoms with E-state index in [1.54, 1.807) is 24.3 Å². The summed E-state index contributed by atoms with van der Waals surface area (Å²) in [7, 11) is 1.41. The number of carbonyl (C=O) groups excluding carboxylic acids is 2. The Kier molecular flexibility index (Phi) is 9.93. The Labute approximate surface area is 202 Å². The zero-order valence-corrected chi connectivity index (χ0v) is 18.0. The topological polar surface area (TPSA) is 84.9 Å². The molecule has 0 bridgehead atoms. The number of fused-ring (bicyclic) bond motifs is 1. The van der Waals surface area contributed by atoms with Crippen LogP contribution in [0.4, 0.5) is 4.79 Å². The quantitative estimate of drug-likeness (QED) is 0.413. The number of benzene rings is 2. The molecule has 0 radical (unpaired) electrons. The van der Waals surface area contributed by atoms with Crippen molar-refractivity contribution in [3.05, 3.63) is 35.9 Å². The Morgan fingerprint density at radius 2 is 1.34 bits per heavy atom. The minimum atomic E-state index is -1.15. The molecule has 0 spiro atoms. The number of carbonyl (C=O) groups is 2. The van der Waals surface area contributed by atoms with E-state index in [1.807, 2.05) is 0 Å². The second-order valence-electron chi connectivity index (χ2n) is 5.72. The summed E-state index contributed by atoms with van der Waals surface area (Å²) in [5.41, 5.74) is -0.0686. The third kappa shape index (κ3) is 8.05. The average molecular weight is 453 g/mol. The highest BCUT2D eigenvalue weighted by Gasteiger charge is 2.19. The summed E-state index contributed by atoms with van der Waals surface area (Å²) >= 11 is 0. The van der Waals surface area contributed by atoms with Gasteiger partial charge in [0.25, 0.3) is 5.91 Å². The van der Waals surface area contributed by atoms with E-state index in [0.29, 0.717) is 10.8 Å². The van der Waals surface area contributed by atoms with Gasteiger partial charge in [0, 0.05) is 59.3 Å². The van der Waals surface area contributed by atoms with Crippen LogP contribution in [0.5, 0.6) is 11.5 Å². The van der Waals surface area contributed by atoms with E-state index in [9.17, 15) is 14.7 Å². The number of nitrogens with one attached hydrogen (secondary N) is 1. The standard InChI is InChI=1S/C29H11NO5/c1-3-4-5-6-7-8-9-10-11-12-13-14-15-18-21-34-29(33)35-26-22-25(28(32)30-2)27(31)24-20-17-16-19-23(24)26/h1,16-17,19-20,22,31H,2H3,(H,30,32). The lowest BCUT2D eigenvalue weighted by molar-refractivity contribution is 0.0959. The van der Waals surface area contributed by atoms with Gasteiger partial charge in [0.05, 0.1) is 5.56 Å². The number of terminal acetylenes is 1. The molecule has 6 nitrogen and oxygen atoms in total. The number of phenols is 1. The third-order valence-electron chi connectivity index (χ3n) is 3.65. The smallest absolute Gasteiger partial charge is 0.506 e. The van der Waals surface area contributed by atoms with Crippen LogP contribution in [0.2, 0.25) is 0 Å². The molecule has 0 aliphatic heterocycles. The van der Waals surface area contributed by atoms with Gasteiger partial charge in [-0.05, 0) is 47.5 Å². The molecule has 0 aliphatic rings. The predicted molar refractivity (Wildman–Crippen MR) is 129 cm³/mol. The van der Waals surface area contributed by atoms with E-state index in [-0.39, 0.29) is 17.1 Å². The maximum atomic E-state index is 12.0. The summed E-state index contributed by atoms with van der Waals surface area (Å²) in [6.07, 6.45) is 5.84. The van der Waals surface area contributed by atoms with Crippen molar-refractivity contribution in [2.45, 2.75) is 0 Å². The summed E-state index contributed by atoms with van der Waals surface area (Å²) in [6.45, 7) is 0. The highest BCUT2D eigenvalue weighted by Crippen LogP contribution is 2.36. The van der Waals surface area contributed by atoms with Gasteiger partial charge in [-0.3, -0.25) is 4.79 Å². The molecule has 0 aromatic heterocycles. The van der Waals surface area contributed by atoms with Crippen LogP contribution in [0.1, 0.15) is 10.4 Å². The summed E-state index contributed by atoms with van der Waals surface area (Å²) in [4.78, 5) is 24.0. The van der Waals surface area contributed by atoms with Gasteiger partial charge < -0.3 is 19.9 Å². The van der Waals surface area contributed by atoms with E-state index >= 15 is 0 Å². The molecule has 1 amide bonds. The minimum Gasteiger partial charge on any atom is -0.506 e. The van der Waals surface area contributed by atoms with Gasteiger partial charge in [0.15, 0.2) is 0 Å². The lowest BCUT2D eigenvalue weighted by Gasteiger charge is -2.11. The zero-order valence-electron chi connectivity index (χ0n) is 18.0. The van der Waals surface area contributed by atoms with Crippen LogP contribution in [0, 0.1) is 95.4 Å². The number of hydrogen-bond donors (Lipinski definition) is 2. The molecule has 0 aliphatic carbocycles. The maximum Gasteiger partial charge on any atom is 0.528 e. The first-order valence-corrected chi connectivity index (χ1v) is 9.39. The SMILES string of the molecule is C#CC#CC#CC#CC#CC#CC#CC#COC(=O)Oc1cc(C(=O)NC)c(O)c2ccccc12. The van der Waals surface area contributed by atoms with Gasteiger partial charge in [-0.25, -0.2) is 4.79 Å². The highest BCUT2D eigenvalue weighted by molar-refractivity contribution is 6.06. The molecule has 0 atom stereocenters. The molecule has 0 saturated carbocycles. The highest BCUT2D eigenvalue weighted by atomic mass is 16.7. The van der Waals surface area contributed by atoms with Crippen molar-refractivity contribution in [1.82, 2.24) is 5.32 Å². The van der Waals surface area contributed by atoms with E-state index in [1.165, 1.54) is 13.1 Å². The Morgan fingerprint density at radius 3 is 1.89 bits per heavy atom. The first-order chi connectivity index (χ1) is 17.1. The van der Waals surface area contributed by atoms with Crippen molar-refractivity contribution in [1.29, 1.82) is 0 Å². The van der Waals surface area contributed by atoms with Crippen LogP contribution in [-0.4, -0.2) is 24.2 Å². The molecule has 6 heteroatoms. The van der Waals surface area contributed by atoms with Crippen LogP contribution >= 0.6 is 0 Å². The van der Waals surface area contributed by atoms with Gasteiger partial charge in [-0.15, -0.1) is 6.42 Å². The van der Waals surface area contributed by atoms with Crippen LogP contribution in [0.3, 0.4) is 0 Å². The van der Waals surface area contributed by atoms with Crippen LogP contribution in [0.15, 0.2) is 30.3 Å². The fourth-order valence-corrected chi connectivity index (χ4v) is 2.30. The van der Waals surface area contributed by atoms with Crippen molar-refractivity contribution < 1.29 is 24.2 Å². The van der Waals surface area contributed by atoms with Crippen molar-refractivity contribution in [3.63, 3.8) is 0 Å². The maximum absolute atomic E-state index is 12.0. The number of phenolic OH excluding ortho intramolecular Hbond substituents is 1. The van der Waals surface area contributed by atoms with Gasteiger partial charge in [-0.2, -0.15) is 0 Å². The van der Waals surface area contributed by atoms with E-state index in [4.69, 9.17) is 11.2 Å². The van der Waals surface area contributed by atoms with Crippen LogP contribution in [-0.2, 0) is 4.74 Å². The predicted octanol–water partition coefficient (Wildman–Crippen LogP) is 2.03. The van der Waals surface area contributed by atoms with E-state index < -0.39 is 12.1 Å². The number of aromatic hydroxyl groups is 1. The van der Waals surface area contributed by atoms with Crippen molar-refractivity contribution in [2.75, 3.05) is 7.05 Å². The molecule has 162 valence electrons. The molecule has 0 unspecified atom stereocenters. The molecule has 0 heterocycles. The molecule has 2 N–H and O–H groups in total. The summed E-state index contributed by atoms with van der Waals surface area (Å²) < 4.78 is 9.79. The molecular formula is C29H11NO5. The molecule has 2 rings (SSSR count). The fraction of sp³-hybridized carbons (Fsp3) is 0.0345. The fourth-order valence-electron chi connectivity index (χ4n) is 2.30. The molecule has 2 aromatic carbocycles. The Bertz CT molecular complexity index is 1680.